The Labute approximate surface area is 209 Å². The molecular formula is C28H28N2O6. The Hall–Kier alpha value is -4.46. The molecule has 0 aliphatic carbocycles. The van der Waals surface area contributed by atoms with Crippen molar-refractivity contribution >= 4 is 35.1 Å². The third-order valence-corrected chi connectivity index (χ3v) is 5.43. The van der Waals surface area contributed by atoms with E-state index >= 15 is 0 Å². The van der Waals surface area contributed by atoms with Crippen molar-refractivity contribution in [2.75, 3.05) is 10.0 Å². The molecule has 0 atom stereocenters. The van der Waals surface area contributed by atoms with E-state index in [1.165, 1.54) is 29.1 Å². The van der Waals surface area contributed by atoms with Gasteiger partial charge in [-0.15, -0.1) is 0 Å². The van der Waals surface area contributed by atoms with Gasteiger partial charge < -0.3 is 9.84 Å². The summed E-state index contributed by atoms with van der Waals surface area (Å²) in [6, 6.07) is 24.7. The Bertz CT molecular complexity index is 1160. The lowest BCUT2D eigenvalue weighted by atomic mass is 10.0. The molecule has 0 unspecified atom stereocenters. The number of para-hydroxylation sites is 3. The number of nitrogens with zero attached hydrogens (tertiary/aromatic N) is 2. The average Bonchev–Trinajstić information content (AvgIpc) is 3.13. The predicted octanol–water partition coefficient (Wildman–Crippen LogP) is 5.10. The Morgan fingerprint density at radius 3 is 1.72 bits per heavy atom. The summed E-state index contributed by atoms with van der Waals surface area (Å²) in [5.74, 6) is -2.44. The highest BCUT2D eigenvalue weighted by Gasteiger charge is 2.46. The summed E-state index contributed by atoms with van der Waals surface area (Å²) in [5.41, 5.74) is 1.42. The topological polar surface area (TPSA) is 104 Å². The second kappa shape index (κ2) is 12.3. The molecule has 1 saturated heterocycles. The number of amides is 2. The molecule has 1 N–H and O–H groups in total. The van der Waals surface area contributed by atoms with Crippen molar-refractivity contribution in [1.29, 1.82) is 0 Å². The summed E-state index contributed by atoms with van der Waals surface area (Å²) < 4.78 is 4.69. The van der Waals surface area contributed by atoms with Crippen LogP contribution in [0.5, 0.6) is 5.75 Å². The smallest absolute Gasteiger partial charge is 0.339 e. The van der Waals surface area contributed by atoms with Crippen molar-refractivity contribution in [3.8, 4) is 5.75 Å². The fourth-order valence-corrected chi connectivity index (χ4v) is 3.76. The van der Waals surface area contributed by atoms with E-state index in [0.29, 0.717) is 17.8 Å². The van der Waals surface area contributed by atoms with Crippen LogP contribution >= 0.6 is 0 Å². The van der Waals surface area contributed by atoms with Crippen molar-refractivity contribution in [2.45, 2.75) is 33.1 Å². The van der Waals surface area contributed by atoms with Crippen LogP contribution in [0.3, 0.4) is 0 Å². The van der Waals surface area contributed by atoms with Crippen LogP contribution in [0.1, 0.15) is 43.5 Å². The number of carbonyl (C=O) groups is 4. The van der Waals surface area contributed by atoms with Crippen LogP contribution in [0.25, 0.3) is 0 Å². The molecule has 4 rings (SSSR count). The number of aromatic carboxylic acids is 1. The maximum atomic E-state index is 12.9. The molecule has 0 aromatic heterocycles. The van der Waals surface area contributed by atoms with Gasteiger partial charge in [-0.1, -0.05) is 68.3 Å². The summed E-state index contributed by atoms with van der Waals surface area (Å²) in [7, 11) is 0. The minimum atomic E-state index is -1.11. The van der Waals surface area contributed by atoms with E-state index in [2.05, 4.69) is 11.7 Å². The van der Waals surface area contributed by atoms with Crippen molar-refractivity contribution in [3.05, 3.63) is 90.5 Å². The van der Waals surface area contributed by atoms with Gasteiger partial charge in [0.25, 0.3) is 11.8 Å². The van der Waals surface area contributed by atoms with Crippen molar-refractivity contribution in [1.82, 2.24) is 0 Å². The third kappa shape index (κ3) is 6.15. The number of esters is 1. The highest BCUT2D eigenvalue weighted by molar-refractivity contribution is 6.23. The predicted molar refractivity (Wildman–Crippen MR) is 136 cm³/mol. The van der Waals surface area contributed by atoms with Crippen molar-refractivity contribution in [2.24, 2.45) is 5.92 Å². The summed E-state index contributed by atoms with van der Waals surface area (Å²) in [6.07, 6.45) is 2.43. The molecule has 8 nitrogen and oxygen atoms in total. The Morgan fingerprint density at radius 2 is 1.28 bits per heavy atom. The Morgan fingerprint density at radius 1 is 0.806 bits per heavy atom. The molecule has 0 bridgehead atoms. The van der Waals surface area contributed by atoms with Crippen molar-refractivity contribution in [3.63, 3.8) is 0 Å². The van der Waals surface area contributed by atoms with E-state index in [9.17, 15) is 19.2 Å². The van der Waals surface area contributed by atoms with E-state index in [4.69, 9.17) is 5.11 Å². The maximum Gasteiger partial charge on any atom is 0.339 e. The van der Waals surface area contributed by atoms with Gasteiger partial charge in [0.2, 0.25) is 0 Å². The standard InChI is InChI=1S/C19H20N2O2.C9H8O4/c1-2-3-14-17-18(22)20(15-10-6-4-7-11-15)21(19(17)23)16-12-8-5-9-13-16;1-6(10)13-8-5-3-2-4-7(8)9(11)12/h4-13,17H,2-3,14H2,1H3;2-5H,1H3,(H,11,12). The number of carboxylic acids is 1. The monoisotopic (exact) mass is 488 g/mol. The van der Waals surface area contributed by atoms with Crippen LogP contribution < -0.4 is 14.8 Å². The first kappa shape index (κ1) is 26.2. The molecule has 1 fully saturated rings. The second-order valence-electron chi connectivity index (χ2n) is 8.06. The van der Waals surface area contributed by atoms with Crippen LogP contribution in [0.15, 0.2) is 84.9 Å². The van der Waals surface area contributed by atoms with Gasteiger partial charge in [-0.3, -0.25) is 14.4 Å². The molecule has 1 heterocycles. The zero-order valence-electron chi connectivity index (χ0n) is 20.2. The molecule has 0 saturated carbocycles. The second-order valence-corrected chi connectivity index (χ2v) is 8.06. The minimum Gasteiger partial charge on any atom is -0.478 e. The molecule has 3 aromatic rings. The summed E-state index contributed by atoms with van der Waals surface area (Å²) in [6.45, 7) is 3.28. The van der Waals surface area contributed by atoms with Crippen LogP contribution in [-0.2, 0) is 14.4 Å². The number of carbonyl (C=O) groups excluding carboxylic acids is 3. The summed E-state index contributed by atoms with van der Waals surface area (Å²) in [5, 5.41) is 11.7. The van der Waals surface area contributed by atoms with Gasteiger partial charge in [0.1, 0.15) is 17.2 Å². The van der Waals surface area contributed by atoms with Gasteiger partial charge in [-0.05, 0) is 42.8 Å². The van der Waals surface area contributed by atoms with Gasteiger partial charge in [0, 0.05) is 6.92 Å². The number of hydrogen-bond donors (Lipinski definition) is 1. The number of rotatable bonds is 7. The molecule has 0 radical (unpaired) electrons. The minimum absolute atomic E-state index is 0.0160. The van der Waals surface area contributed by atoms with E-state index in [1.807, 2.05) is 60.7 Å². The maximum absolute atomic E-state index is 12.9. The zero-order valence-corrected chi connectivity index (χ0v) is 20.2. The number of hydrogen-bond acceptors (Lipinski definition) is 5. The number of carboxylic acid groups (broad SMARTS) is 1. The van der Waals surface area contributed by atoms with Gasteiger partial charge in [0.05, 0.1) is 11.4 Å². The largest absolute Gasteiger partial charge is 0.478 e. The normalized spacial score (nSPS) is 13.3. The number of anilines is 2. The lowest BCUT2D eigenvalue weighted by molar-refractivity contribution is -0.132. The van der Waals surface area contributed by atoms with Gasteiger partial charge in [-0.2, -0.15) is 0 Å². The average molecular weight is 489 g/mol. The number of unbranched alkanes of at least 4 members (excludes halogenated alkanes) is 1. The van der Waals surface area contributed by atoms with E-state index in [-0.39, 0.29) is 23.1 Å². The van der Waals surface area contributed by atoms with E-state index in [1.54, 1.807) is 12.1 Å². The van der Waals surface area contributed by atoms with Gasteiger partial charge in [0.15, 0.2) is 0 Å². The first-order chi connectivity index (χ1) is 17.3. The van der Waals surface area contributed by atoms with E-state index in [0.717, 1.165) is 12.8 Å². The number of benzene rings is 3. The third-order valence-electron chi connectivity index (χ3n) is 5.43. The lowest BCUT2D eigenvalue weighted by Crippen LogP contribution is -2.41. The van der Waals surface area contributed by atoms with Crippen LogP contribution in [0.2, 0.25) is 0 Å². The fourth-order valence-electron chi connectivity index (χ4n) is 3.76. The summed E-state index contributed by atoms with van der Waals surface area (Å²) >= 11 is 0. The number of hydrazine groups is 1. The number of ether oxygens (including phenoxy) is 1. The van der Waals surface area contributed by atoms with Crippen LogP contribution in [0.4, 0.5) is 11.4 Å². The Balaban J connectivity index is 0.000000236. The zero-order chi connectivity index (χ0) is 26.1. The quantitative estimate of drug-likeness (QED) is 0.282. The summed E-state index contributed by atoms with van der Waals surface area (Å²) in [4.78, 5) is 46.9. The fraction of sp³-hybridized carbons (Fsp3) is 0.214. The first-order valence-electron chi connectivity index (χ1n) is 11.6. The molecule has 3 aromatic carbocycles. The molecular weight excluding hydrogens is 460 g/mol. The molecule has 186 valence electrons. The van der Waals surface area contributed by atoms with E-state index < -0.39 is 17.9 Å². The van der Waals surface area contributed by atoms with Crippen LogP contribution in [0, 0.1) is 5.92 Å². The molecule has 8 heteroatoms. The molecule has 2 amide bonds. The highest BCUT2D eigenvalue weighted by atomic mass is 16.5. The SMILES string of the molecule is CC(=O)Oc1ccccc1C(=O)O.CCCCC1C(=O)N(c2ccccc2)N(c2ccccc2)C1=O. The molecule has 1 aliphatic heterocycles. The molecule has 36 heavy (non-hydrogen) atoms. The highest BCUT2D eigenvalue weighted by Crippen LogP contribution is 2.33. The first-order valence-corrected chi connectivity index (χ1v) is 11.6. The van der Waals surface area contributed by atoms with Gasteiger partial charge >= 0.3 is 11.9 Å². The molecule has 0 spiro atoms. The molecule has 1 aliphatic rings. The van der Waals surface area contributed by atoms with Crippen LogP contribution in [-0.4, -0.2) is 28.9 Å². The lowest BCUT2D eigenvalue weighted by Gasteiger charge is -2.27. The Kier molecular flexibility index (Phi) is 8.94. The van der Waals surface area contributed by atoms with Crippen molar-refractivity contribution < 1.29 is 29.0 Å². The van der Waals surface area contributed by atoms with Gasteiger partial charge in [-0.25, -0.2) is 14.8 Å².